The molecule has 0 aliphatic heterocycles. The summed E-state index contributed by atoms with van der Waals surface area (Å²) >= 11 is 6.23. The fourth-order valence-corrected chi connectivity index (χ4v) is 2.43. The molecule has 9 heteroatoms. The number of carbonyl (C=O) groups is 3. The van der Waals surface area contributed by atoms with Crippen LogP contribution < -0.4 is 20.5 Å². The van der Waals surface area contributed by atoms with Crippen molar-refractivity contribution >= 4 is 29.5 Å². The standard InChI is InChI=1S/C18H25ClN2O6/c1-5-7-26-15-12(19)8-11(9-13(15)25-6-2)17(23)27-14(10(3)4)16(22)21-18(20)24/h8-10,14H,5-7H2,1-4H3,(H3,20,21,22,24). The Hall–Kier alpha value is -2.48. The molecule has 1 aromatic carbocycles. The minimum Gasteiger partial charge on any atom is -0.490 e. The van der Waals surface area contributed by atoms with Crippen molar-refractivity contribution in [3.05, 3.63) is 22.7 Å². The van der Waals surface area contributed by atoms with E-state index in [-0.39, 0.29) is 16.5 Å². The van der Waals surface area contributed by atoms with Crippen LogP contribution in [0, 0.1) is 5.92 Å². The molecule has 0 aromatic heterocycles. The summed E-state index contributed by atoms with van der Waals surface area (Å²) in [7, 11) is 0. The lowest BCUT2D eigenvalue weighted by Crippen LogP contribution is -2.45. The van der Waals surface area contributed by atoms with Gasteiger partial charge in [0.1, 0.15) is 0 Å². The van der Waals surface area contributed by atoms with Crippen molar-refractivity contribution < 1.29 is 28.6 Å². The third-order valence-electron chi connectivity index (χ3n) is 3.34. The van der Waals surface area contributed by atoms with Crippen molar-refractivity contribution in [1.29, 1.82) is 0 Å². The number of halogens is 1. The molecule has 0 aliphatic rings. The van der Waals surface area contributed by atoms with E-state index in [9.17, 15) is 14.4 Å². The van der Waals surface area contributed by atoms with Gasteiger partial charge in [-0.1, -0.05) is 32.4 Å². The average molecular weight is 401 g/mol. The summed E-state index contributed by atoms with van der Waals surface area (Å²) in [6.07, 6.45) is -0.424. The van der Waals surface area contributed by atoms with E-state index < -0.39 is 24.0 Å². The second kappa shape index (κ2) is 10.6. The van der Waals surface area contributed by atoms with Crippen LogP contribution in [0.5, 0.6) is 11.5 Å². The first kappa shape index (κ1) is 22.6. The molecule has 1 atom stereocenters. The number of imide groups is 1. The molecule has 1 aromatic rings. The largest absolute Gasteiger partial charge is 0.490 e. The number of primary amides is 1. The van der Waals surface area contributed by atoms with Crippen LogP contribution in [0.1, 0.15) is 44.5 Å². The van der Waals surface area contributed by atoms with Crippen LogP contribution in [-0.4, -0.2) is 37.2 Å². The van der Waals surface area contributed by atoms with Gasteiger partial charge in [-0.25, -0.2) is 9.59 Å². The molecule has 0 saturated heterocycles. The number of ether oxygens (including phenoxy) is 3. The molecule has 0 heterocycles. The molecule has 0 aliphatic carbocycles. The van der Waals surface area contributed by atoms with Crippen molar-refractivity contribution in [3.63, 3.8) is 0 Å². The first-order chi connectivity index (χ1) is 12.7. The molecular weight excluding hydrogens is 376 g/mol. The Morgan fingerprint density at radius 1 is 1.19 bits per heavy atom. The molecule has 0 spiro atoms. The summed E-state index contributed by atoms with van der Waals surface area (Å²) in [5, 5.41) is 2.09. The third-order valence-corrected chi connectivity index (χ3v) is 3.62. The van der Waals surface area contributed by atoms with Crippen molar-refractivity contribution in [1.82, 2.24) is 5.32 Å². The highest BCUT2D eigenvalue weighted by molar-refractivity contribution is 6.32. The summed E-state index contributed by atoms with van der Waals surface area (Å²) < 4.78 is 16.3. The van der Waals surface area contributed by atoms with Crippen LogP contribution >= 0.6 is 11.6 Å². The number of amides is 3. The summed E-state index contributed by atoms with van der Waals surface area (Å²) in [5.41, 5.74) is 5.03. The topological polar surface area (TPSA) is 117 Å². The first-order valence-electron chi connectivity index (χ1n) is 8.61. The van der Waals surface area contributed by atoms with Crippen LogP contribution in [0.25, 0.3) is 0 Å². The van der Waals surface area contributed by atoms with Crippen molar-refractivity contribution in [2.75, 3.05) is 13.2 Å². The quantitative estimate of drug-likeness (QED) is 0.615. The molecule has 0 bridgehead atoms. The lowest BCUT2D eigenvalue weighted by atomic mass is 10.1. The Balaban J connectivity index is 3.10. The van der Waals surface area contributed by atoms with E-state index in [1.165, 1.54) is 12.1 Å². The summed E-state index contributed by atoms with van der Waals surface area (Å²) in [4.78, 5) is 35.4. The van der Waals surface area contributed by atoms with Gasteiger partial charge in [0, 0.05) is 0 Å². The lowest BCUT2D eigenvalue weighted by molar-refractivity contribution is -0.130. The van der Waals surface area contributed by atoms with E-state index in [1.54, 1.807) is 20.8 Å². The predicted molar refractivity (Wildman–Crippen MR) is 100 cm³/mol. The van der Waals surface area contributed by atoms with Gasteiger partial charge in [-0.2, -0.15) is 0 Å². The summed E-state index contributed by atoms with van der Waals surface area (Å²) in [5.74, 6) is -1.35. The summed E-state index contributed by atoms with van der Waals surface area (Å²) in [6.45, 7) is 7.84. The van der Waals surface area contributed by atoms with Crippen molar-refractivity contribution in [2.45, 2.75) is 40.2 Å². The molecule has 3 amide bonds. The molecule has 1 unspecified atom stereocenters. The van der Waals surface area contributed by atoms with Gasteiger partial charge in [-0.05, 0) is 31.4 Å². The highest BCUT2D eigenvalue weighted by Crippen LogP contribution is 2.37. The number of nitrogens with one attached hydrogen (secondary N) is 1. The Morgan fingerprint density at radius 3 is 2.37 bits per heavy atom. The van der Waals surface area contributed by atoms with Gasteiger partial charge in [0.15, 0.2) is 17.6 Å². The Bertz CT molecular complexity index is 693. The van der Waals surface area contributed by atoms with E-state index in [4.69, 9.17) is 31.5 Å². The minimum absolute atomic E-state index is 0.0878. The van der Waals surface area contributed by atoms with Crippen LogP contribution in [0.15, 0.2) is 12.1 Å². The fraction of sp³-hybridized carbons (Fsp3) is 0.500. The maximum Gasteiger partial charge on any atom is 0.339 e. The van der Waals surface area contributed by atoms with Crippen LogP contribution in [-0.2, 0) is 9.53 Å². The van der Waals surface area contributed by atoms with Gasteiger partial charge in [0.2, 0.25) is 0 Å². The molecule has 0 radical (unpaired) electrons. The van der Waals surface area contributed by atoms with Gasteiger partial charge in [0.05, 0.1) is 23.8 Å². The Morgan fingerprint density at radius 2 is 1.85 bits per heavy atom. The number of esters is 1. The Kier molecular flexibility index (Phi) is 8.87. The molecule has 0 fully saturated rings. The van der Waals surface area contributed by atoms with E-state index in [2.05, 4.69) is 0 Å². The third kappa shape index (κ3) is 6.63. The van der Waals surface area contributed by atoms with Gasteiger partial charge in [0.25, 0.3) is 5.91 Å². The molecule has 3 N–H and O–H groups in total. The maximum atomic E-state index is 12.5. The number of rotatable bonds is 9. The Labute approximate surface area is 163 Å². The normalized spacial score (nSPS) is 11.6. The number of hydrogen-bond acceptors (Lipinski definition) is 6. The second-order valence-corrected chi connectivity index (χ2v) is 6.40. The van der Waals surface area contributed by atoms with Crippen LogP contribution in [0.4, 0.5) is 4.79 Å². The van der Waals surface area contributed by atoms with Gasteiger partial charge >= 0.3 is 12.0 Å². The van der Waals surface area contributed by atoms with E-state index in [0.29, 0.717) is 24.7 Å². The van der Waals surface area contributed by atoms with Crippen LogP contribution in [0.2, 0.25) is 5.02 Å². The van der Waals surface area contributed by atoms with Gasteiger partial charge < -0.3 is 19.9 Å². The fourth-order valence-electron chi connectivity index (χ4n) is 2.16. The average Bonchev–Trinajstić information content (AvgIpc) is 2.57. The van der Waals surface area contributed by atoms with Gasteiger partial charge in [-0.3, -0.25) is 10.1 Å². The zero-order valence-corrected chi connectivity index (χ0v) is 16.6. The first-order valence-corrected chi connectivity index (χ1v) is 8.99. The van der Waals surface area contributed by atoms with E-state index in [1.807, 2.05) is 12.2 Å². The number of carbonyl (C=O) groups excluding carboxylic acids is 3. The number of hydrogen-bond donors (Lipinski definition) is 2. The molecule has 27 heavy (non-hydrogen) atoms. The molecule has 8 nitrogen and oxygen atoms in total. The highest BCUT2D eigenvalue weighted by Gasteiger charge is 2.28. The van der Waals surface area contributed by atoms with Crippen LogP contribution in [0.3, 0.4) is 0 Å². The molecule has 150 valence electrons. The zero-order chi connectivity index (χ0) is 20.6. The minimum atomic E-state index is -1.20. The van der Waals surface area contributed by atoms with E-state index >= 15 is 0 Å². The van der Waals surface area contributed by atoms with Crippen molar-refractivity contribution in [3.8, 4) is 11.5 Å². The number of benzene rings is 1. The summed E-state index contributed by atoms with van der Waals surface area (Å²) in [6, 6.07) is 1.79. The SMILES string of the molecule is CCCOc1c(Cl)cc(C(=O)OC(C(=O)NC(N)=O)C(C)C)cc1OCC. The smallest absolute Gasteiger partial charge is 0.339 e. The molecule has 0 saturated carbocycles. The second-order valence-electron chi connectivity index (χ2n) is 5.99. The van der Waals surface area contributed by atoms with Crippen molar-refractivity contribution in [2.24, 2.45) is 11.7 Å². The van der Waals surface area contributed by atoms with E-state index in [0.717, 1.165) is 6.42 Å². The maximum absolute atomic E-state index is 12.5. The highest BCUT2D eigenvalue weighted by atomic mass is 35.5. The predicted octanol–water partition coefficient (Wildman–Crippen LogP) is 2.90. The van der Waals surface area contributed by atoms with Gasteiger partial charge in [-0.15, -0.1) is 0 Å². The zero-order valence-electron chi connectivity index (χ0n) is 15.8. The molecular formula is C18H25ClN2O6. The molecule has 1 rings (SSSR count). The number of urea groups is 1. The number of nitrogens with two attached hydrogens (primary N) is 1. The monoisotopic (exact) mass is 400 g/mol. The lowest BCUT2D eigenvalue weighted by Gasteiger charge is -2.20.